The van der Waals surface area contributed by atoms with Crippen molar-refractivity contribution in [2.75, 3.05) is 0 Å². The molecule has 0 saturated heterocycles. The molecule has 0 spiro atoms. The second-order valence-electron chi connectivity index (χ2n) is 7.16. The highest BCUT2D eigenvalue weighted by molar-refractivity contribution is 5.74. The summed E-state index contributed by atoms with van der Waals surface area (Å²) in [5.74, 6) is -1.41. The van der Waals surface area contributed by atoms with Crippen LogP contribution in [0.4, 0.5) is 0 Å². The fraction of sp³-hybridized carbons (Fsp3) is 0.900. The standard InChI is InChI=1S/C20H38O4/c1-3-5-7-11-15-20(19(23)24,16-12-8-6-4-2)17-13-9-10-14-18(21)22/h3-17H2,1-2H3,(H,21,22)(H,23,24). The second kappa shape index (κ2) is 14.3. The maximum atomic E-state index is 12.0. The Hall–Kier alpha value is -1.06. The number of carboxylic acid groups (broad SMARTS) is 2. The van der Waals surface area contributed by atoms with E-state index in [-0.39, 0.29) is 6.42 Å². The largest absolute Gasteiger partial charge is 0.481 e. The summed E-state index contributed by atoms with van der Waals surface area (Å²) in [6.45, 7) is 4.33. The Balaban J connectivity index is 4.53. The Kier molecular flexibility index (Phi) is 13.7. The highest BCUT2D eigenvalue weighted by atomic mass is 16.4. The molecule has 0 atom stereocenters. The molecular formula is C20H38O4. The third kappa shape index (κ3) is 10.7. The lowest BCUT2D eigenvalue weighted by Gasteiger charge is -2.30. The Morgan fingerprint density at radius 1 is 0.667 bits per heavy atom. The van der Waals surface area contributed by atoms with Crippen LogP contribution in [0.5, 0.6) is 0 Å². The molecule has 0 saturated carbocycles. The van der Waals surface area contributed by atoms with Crippen LogP contribution >= 0.6 is 0 Å². The van der Waals surface area contributed by atoms with Crippen molar-refractivity contribution >= 4 is 11.9 Å². The minimum absolute atomic E-state index is 0.188. The van der Waals surface area contributed by atoms with Crippen LogP contribution in [0.2, 0.25) is 0 Å². The van der Waals surface area contributed by atoms with Crippen LogP contribution in [-0.2, 0) is 9.59 Å². The molecule has 0 amide bonds. The average Bonchev–Trinajstić information content (AvgIpc) is 2.54. The number of carbonyl (C=O) groups is 2. The van der Waals surface area contributed by atoms with Gasteiger partial charge in [-0.05, 0) is 25.7 Å². The molecule has 0 radical (unpaired) electrons. The number of aliphatic carboxylic acids is 2. The van der Waals surface area contributed by atoms with E-state index >= 15 is 0 Å². The highest BCUT2D eigenvalue weighted by Crippen LogP contribution is 2.37. The van der Waals surface area contributed by atoms with E-state index in [1.807, 2.05) is 0 Å². The smallest absolute Gasteiger partial charge is 0.309 e. The third-order valence-corrected chi connectivity index (χ3v) is 5.02. The molecule has 0 rings (SSSR count). The lowest BCUT2D eigenvalue weighted by atomic mass is 9.74. The number of rotatable bonds is 17. The van der Waals surface area contributed by atoms with Gasteiger partial charge in [-0.2, -0.15) is 0 Å². The average molecular weight is 343 g/mol. The topological polar surface area (TPSA) is 74.6 Å². The molecule has 0 aliphatic heterocycles. The first-order valence-corrected chi connectivity index (χ1v) is 9.93. The van der Waals surface area contributed by atoms with Crippen LogP contribution in [0.3, 0.4) is 0 Å². The predicted molar refractivity (Wildman–Crippen MR) is 98.3 cm³/mol. The van der Waals surface area contributed by atoms with Crippen molar-refractivity contribution < 1.29 is 19.8 Å². The van der Waals surface area contributed by atoms with E-state index < -0.39 is 17.4 Å². The van der Waals surface area contributed by atoms with Crippen molar-refractivity contribution in [2.24, 2.45) is 5.41 Å². The van der Waals surface area contributed by atoms with Gasteiger partial charge in [-0.25, -0.2) is 0 Å². The van der Waals surface area contributed by atoms with Gasteiger partial charge in [0.2, 0.25) is 0 Å². The van der Waals surface area contributed by atoms with E-state index in [9.17, 15) is 14.7 Å². The van der Waals surface area contributed by atoms with E-state index in [0.29, 0.717) is 12.8 Å². The molecule has 0 aliphatic rings. The second-order valence-corrected chi connectivity index (χ2v) is 7.16. The molecular weight excluding hydrogens is 304 g/mol. The molecule has 0 fully saturated rings. The van der Waals surface area contributed by atoms with Gasteiger partial charge in [0.15, 0.2) is 0 Å². The van der Waals surface area contributed by atoms with Crippen LogP contribution in [0, 0.1) is 5.41 Å². The summed E-state index contributed by atoms with van der Waals surface area (Å²) >= 11 is 0. The lowest BCUT2D eigenvalue weighted by Crippen LogP contribution is -2.31. The molecule has 0 bridgehead atoms. The van der Waals surface area contributed by atoms with Gasteiger partial charge in [-0.3, -0.25) is 9.59 Å². The predicted octanol–water partition coefficient (Wildman–Crippen LogP) is 6.03. The maximum Gasteiger partial charge on any atom is 0.309 e. The SMILES string of the molecule is CCCCCCC(CCCCCC)(CCCCCC(=O)O)C(=O)O. The van der Waals surface area contributed by atoms with Crippen molar-refractivity contribution in [3.8, 4) is 0 Å². The summed E-state index contributed by atoms with van der Waals surface area (Å²) in [6.07, 6.45) is 13.6. The summed E-state index contributed by atoms with van der Waals surface area (Å²) in [5.41, 5.74) is -0.593. The first-order valence-electron chi connectivity index (χ1n) is 9.93. The maximum absolute atomic E-state index is 12.0. The zero-order valence-corrected chi connectivity index (χ0v) is 15.8. The van der Waals surface area contributed by atoms with Gasteiger partial charge >= 0.3 is 11.9 Å². The molecule has 0 heterocycles. The van der Waals surface area contributed by atoms with Crippen LogP contribution in [0.1, 0.15) is 110 Å². The van der Waals surface area contributed by atoms with Crippen molar-refractivity contribution in [3.63, 3.8) is 0 Å². The molecule has 4 heteroatoms. The summed E-state index contributed by atoms with van der Waals surface area (Å²) < 4.78 is 0. The molecule has 0 aromatic heterocycles. The zero-order chi connectivity index (χ0) is 18.3. The van der Waals surface area contributed by atoms with Gasteiger partial charge in [0.25, 0.3) is 0 Å². The molecule has 0 aromatic carbocycles. The summed E-state index contributed by atoms with van der Waals surface area (Å²) in [6, 6.07) is 0. The Labute approximate surface area is 148 Å². The zero-order valence-electron chi connectivity index (χ0n) is 15.8. The van der Waals surface area contributed by atoms with E-state index in [1.165, 1.54) is 12.8 Å². The fourth-order valence-electron chi connectivity index (χ4n) is 3.39. The number of carboxylic acids is 2. The molecule has 142 valence electrons. The van der Waals surface area contributed by atoms with E-state index in [2.05, 4.69) is 13.8 Å². The van der Waals surface area contributed by atoms with Crippen LogP contribution in [0.25, 0.3) is 0 Å². The molecule has 0 unspecified atom stereocenters. The number of hydrogen-bond donors (Lipinski definition) is 2. The first kappa shape index (κ1) is 22.9. The van der Waals surface area contributed by atoms with E-state index in [4.69, 9.17) is 5.11 Å². The van der Waals surface area contributed by atoms with Crippen molar-refractivity contribution in [1.29, 1.82) is 0 Å². The van der Waals surface area contributed by atoms with Gasteiger partial charge in [0.05, 0.1) is 5.41 Å². The molecule has 24 heavy (non-hydrogen) atoms. The molecule has 0 aromatic rings. The van der Waals surface area contributed by atoms with Gasteiger partial charge in [0.1, 0.15) is 0 Å². The van der Waals surface area contributed by atoms with E-state index in [1.54, 1.807) is 0 Å². The quantitative estimate of drug-likeness (QED) is 0.316. The Morgan fingerprint density at radius 3 is 1.42 bits per heavy atom. The molecule has 4 nitrogen and oxygen atoms in total. The molecule has 2 N–H and O–H groups in total. The van der Waals surface area contributed by atoms with Crippen LogP contribution in [0.15, 0.2) is 0 Å². The Bertz CT molecular complexity index is 327. The fourth-order valence-corrected chi connectivity index (χ4v) is 3.39. The van der Waals surface area contributed by atoms with Gasteiger partial charge in [0, 0.05) is 6.42 Å². The van der Waals surface area contributed by atoms with Gasteiger partial charge < -0.3 is 10.2 Å². The monoisotopic (exact) mass is 342 g/mol. The summed E-state index contributed by atoms with van der Waals surface area (Å²) in [5, 5.41) is 18.6. The lowest BCUT2D eigenvalue weighted by molar-refractivity contribution is -0.151. The number of hydrogen-bond acceptors (Lipinski definition) is 2. The minimum Gasteiger partial charge on any atom is -0.481 e. The summed E-state index contributed by atoms with van der Waals surface area (Å²) in [4.78, 5) is 22.6. The van der Waals surface area contributed by atoms with Crippen molar-refractivity contribution in [2.45, 2.75) is 110 Å². The minimum atomic E-state index is -0.765. The van der Waals surface area contributed by atoms with Crippen LogP contribution in [-0.4, -0.2) is 22.2 Å². The van der Waals surface area contributed by atoms with Gasteiger partial charge in [-0.15, -0.1) is 0 Å². The molecule has 0 aliphatic carbocycles. The van der Waals surface area contributed by atoms with Crippen molar-refractivity contribution in [1.82, 2.24) is 0 Å². The first-order chi connectivity index (χ1) is 11.5. The third-order valence-electron chi connectivity index (χ3n) is 5.02. The van der Waals surface area contributed by atoms with Crippen molar-refractivity contribution in [3.05, 3.63) is 0 Å². The number of unbranched alkanes of at least 4 members (excludes halogenated alkanes) is 8. The highest BCUT2D eigenvalue weighted by Gasteiger charge is 2.36. The van der Waals surface area contributed by atoms with Gasteiger partial charge in [-0.1, -0.05) is 78.1 Å². The Morgan fingerprint density at radius 2 is 1.08 bits per heavy atom. The normalized spacial score (nSPS) is 11.6. The van der Waals surface area contributed by atoms with Crippen LogP contribution < -0.4 is 0 Å². The van der Waals surface area contributed by atoms with E-state index in [0.717, 1.165) is 64.2 Å². The summed E-state index contributed by atoms with van der Waals surface area (Å²) in [7, 11) is 0.